The number of rotatable bonds is 8. The molecule has 0 aliphatic rings. The number of hydrogen-bond acceptors (Lipinski definition) is 6. The number of benzene rings is 2. The Morgan fingerprint density at radius 3 is 2.71 bits per heavy atom. The summed E-state index contributed by atoms with van der Waals surface area (Å²) >= 11 is 2.77. The second kappa shape index (κ2) is 9.66. The summed E-state index contributed by atoms with van der Waals surface area (Å²) < 4.78 is 14.1. The van der Waals surface area contributed by atoms with Gasteiger partial charge in [0, 0.05) is 18.8 Å². The van der Waals surface area contributed by atoms with E-state index >= 15 is 0 Å². The van der Waals surface area contributed by atoms with E-state index in [1.807, 2.05) is 44.2 Å². The normalized spacial score (nSPS) is 10.7. The SMILES string of the molecule is CCN(Cc1cccc(F)c1)C(=O)CSc1nnc(Nc2ccc(C)cc2)s1. The minimum absolute atomic E-state index is 0.0139. The smallest absolute Gasteiger partial charge is 0.233 e. The van der Waals surface area contributed by atoms with Crippen LogP contribution in [0.5, 0.6) is 0 Å². The second-order valence-electron chi connectivity index (χ2n) is 6.19. The lowest BCUT2D eigenvalue weighted by atomic mass is 10.2. The molecule has 1 N–H and O–H groups in total. The summed E-state index contributed by atoms with van der Waals surface area (Å²) in [5.74, 6) is -0.0414. The molecule has 2 aromatic carbocycles. The van der Waals surface area contributed by atoms with Gasteiger partial charge in [-0.05, 0) is 43.7 Å². The third kappa shape index (κ3) is 5.77. The van der Waals surface area contributed by atoms with E-state index in [0.29, 0.717) is 18.2 Å². The maximum absolute atomic E-state index is 13.3. The summed E-state index contributed by atoms with van der Waals surface area (Å²) in [6.07, 6.45) is 0. The number of carbonyl (C=O) groups is 1. The molecule has 1 amide bonds. The Kier molecular flexibility index (Phi) is 7.00. The van der Waals surface area contributed by atoms with Gasteiger partial charge in [-0.3, -0.25) is 4.79 Å². The lowest BCUT2D eigenvalue weighted by Gasteiger charge is -2.20. The molecule has 3 aromatic rings. The molecule has 0 radical (unpaired) electrons. The Labute approximate surface area is 172 Å². The zero-order valence-corrected chi connectivity index (χ0v) is 17.3. The predicted octanol–water partition coefficient (Wildman–Crippen LogP) is 4.87. The molecule has 0 unspecified atom stereocenters. The van der Waals surface area contributed by atoms with Gasteiger partial charge in [0.2, 0.25) is 11.0 Å². The molecule has 3 rings (SSSR count). The van der Waals surface area contributed by atoms with E-state index in [1.54, 1.807) is 11.0 Å². The summed E-state index contributed by atoms with van der Waals surface area (Å²) in [4.78, 5) is 14.2. The van der Waals surface area contributed by atoms with E-state index in [4.69, 9.17) is 0 Å². The Bertz CT molecular complexity index is 930. The maximum atomic E-state index is 13.3. The standard InChI is InChI=1S/C20H21FN4OS2/c1-3-25(12-15-5-4-6-16(21)11-15)18(26)13-27-20-24-23-19(28-20)22-17-9-7-14(2)8-10-17/h4-11H,3,12-13H2,1-2H3,(H,22,23). The van der Waals surface area contributed by atoms with E-state index in [-0.39, 0.29) is 17.5 Å². The van der Waals surface area contributed by atoms with Crippen molar-refractivity contribution in [1.29, 1.82) is 0 Å². The van der Waals surface area contributed by atoms with Gasteiger partial charge in [0.05, 0.1) is 5.75 Å². The quantitative estimate of drug-likeness (QED) is 0.531. The molecule has 0 aliphatic carbocycles. The average Bonchev–Trinajstić information content (AvgIpc) is 3.13. The molecule has 0 saturated heterocycles. The molecule has 1 heterocycles. The minimum Gasteiger partial charge on any atom is -0.338 e. The van der Waals surface area contributed by atoms with Crippen LogP contribution in [0.3, 0.4) is 0 Å². The number of aryl methyl sites for hydroxylation is 1. The van der Waals surface area contributed by atoms with E-state index < -0.39 is 0 Å². The van der Waals surface area contributed by atoms with Crippen molar-refractivity contribution in [3.05, 3.63) is 65.5 Å². The first-order valence-corrected chi connectivity index (χ1v) is 10.7. The second-order valence-corrected chi connectivity index (χ2v) is 8.39. The number of hydrogen-bond donors (Lipinski definition) is 1. The monoisotopic (exact) mass is 416 g/mol. The van der Waals surface area contributed by atoms with Gasteiger partial charge in [-0.2, -0.15) is 0 Å². The first kappa shape index (κ1) is 20.3. The van der Waals surface area contributed by atoms with Crippen molar-refractivity contribution in [1.82, 2.24) is 15.1 Å². The highest BCUT2D eigenvalue weighted by Gasteiger charge is 2.15. The Balaban J connectivity index is 1.53. The molecule has 28 heavy (non-hydrogen) atoms. The number of nitrogens with one attached hydrogen (secondary N) is 1. The van der Waals surface area contributed by atoms with Gasteiger partial charge in [-0.1, -0.05) is 52.9 Å². The van der Waals surface area contributed by atoms with Gasteiger partial charge in [-0.15, -0.1) is 10.2 Å². The van der Waals surface area contributed by atoms with Crippen LogP contribution < -0.4 is 5.32 Å². The van der Waals surface area contributed by atoms with Crippen LogP contribution in [0.4, 0.5) is 15.2 Å². The number of nitrogens with zero attached hydrogens (tertiary/aromatic N) is 3. The number of thioether (sulfide) groups is 1. The van der Waals surface area contributed by atoms with Crippen molar-refractivity contribution in [2.45, 2.75) is 24.7 Å². The number of anilines is 2. The third-order valence-corrected chi connectivity index (χ3v) is 5.98. The van der Waals surface area contributed by atoms with Crippen LogP contribution in [0.15, 0.2) is 52.9 Å². The molecule has 5 nitrogen and oxygen atoms in total. The predicted molar refractivity (Wildman–Crippen MR) is 113 cm³/mol. The van der Waals surface area contributed by atoms with Crippen molar-refractivity contribution in [3.8, 4) is 0 Å². The molecule has 146 valence electrons. The van der Waals surface area contributed by atoms with Crippen LogP contribution in [0, 0.1) is 12.7 Å². The van der Waals surface area contributed by atoms with E-state index in [1.165, 1.54) is 40.8 Å². The largest absolute Gasteiger partial charge is 0.338 e. The Hall–Kier alpha value is -2.45. The van der Waals surface area contributed by atoms with Gasteiger partial charge in [0.1, 0.15) is 5.82 Å². The van der Waals surface area contributed by atoms with Crippen LogP contribution in [-0.2, 0) is 11.3 Å². The Morgan fingerprint density at radius 1 is 1.21 bits per heavy atom. The number of amides is 1. The molecular formula is C20H21FN4OS2. The van der Waals surface area contributed by atoms with Crippen LogP contribution in [0.1, 0.15) is 18.1 Å². The first-order valence-electron chi connectivity index (χ1n) is 8.85. The van der Waals surface area contributed by atoms with Crippen molar-refractivity contribution >= 4 is 39.8 Å². The van der Waals surface area contributed by atoms with E-state index in [2.05, 4.69) is 15.5 Å². The fraction of sp³-hybridized carbons (Fsp3) is 0.250. The average molecular weight is 417 g/mol. The van der Waals surface area contributed by atoms with Crippen molar-refractivity contribution in [3.63, 3.8) is 0 Å². The van der Waals surface area contributed by atoms with E-state index in [9.17, 15) is 9.18 Å². The molecular weight excluding hydrogens is 395 g/mol. The minimum atomic E-state index is -0.294. The molecule has 0 saturated carbocycles. The third-order valence-electron chi connectivity index (χ3n) is 4.03. The topological polar surface area (TPSA) is 58.1 Å². The van der Waals surface area contributed by atoms with Crippen LogP contribution in [0.25, 0.3) is 0 Å². The van der Waals surface area contributed by atoms with Crippen molar-refractivity contribution in [2.24, 2.45) is 0 Å². The number of aromatic nitrogens is 2. The lowest BCUT2D eigenvalue weighted by molar-refractivity contribution is -0.128. The fourth-order valence-electron chi connectivity index (χ4n) is 2.53. The van der Waals surface area contributed by atoms with Crippen LogP contribution >= 0.6 is 23.1 Å². The number of halogens is 1. The molecule has 0 aliphatic heterocycles. The zero-order chi connectivity index (χ0) is 19.9. The molecule has 0 atom stereocenters. The zero-order valence-electron chi connectivity index (χ0n) is 15.7. The molecule has 0 fully saturated rings. The Morgan fingerprint density at radius 2 is 2.00 bits per heavy atom. The lowest BCUT2D eigenvalue weighted by Crippen LogP contribution is -2.31. The van der Waals surface area contributed by atoms with Crippen molar-refractivity contribution < 1.29 is 9.18 Å². The summed E-state index contributed by atoms with van der Waals surface area (Å²) in [6, 6.07) is 14.3. The highest BCUT2D eigenvalue weighted by molar-refractivity contribution is 8.01. The highest BCUT2D eigenvalue weighted by Crippen LogP contribution is 2.28. The summed E-state index contributed by atoms with van der Waals surface area (Å²) in [5.41, 5.74) is 2.92. The van der Waals surface area contributed by atoms with E-state index in [0.717, 1.165) is 15.6 Å². The van der Waals surface area contributed by atoms with Crippen LogP contribution in [0.2, 0.25) is 0 Å². The van der Waals surface area contributed by atoms with Crippen molar-refractivity contribution in [2.75, 3.05) is 17.6 Å². The molecule has 0 bridgehead atoms. The molecule has 0 spiro atoms. The molecule has 1 aromatic heterocycles. The highest BCUT2D eigenvalue weighted by atomic mass is 32.2. The summed E-state index contributed by atoms with van der Waals surface area (Å²) in [5, 5.41) is 12.2. The molecule has 8 heteroatoms. The summed E-state index contributed by atoms with van der Waals surface area (Å²) in [7, 11) is 0. The van der Waals surface area contributed by atoms with Gasteiger partial charge in [-0.25, -0.2) is 4.39 Å². The van der Waals surface area contributed by atoms with Gasteiger partial charge in [0.15, 0.2) is 4.34 Å². The summed E-state index contributed by atoms with van der Waals surface area (Å²) in [6.45, 7) is 4.90. The van der Waals surface area contributed by atoms with Gasteiger partial charge < -0.3 is 10.2 Å². The first-order chi connectivity index (χ1) is 13.5. The maximum Gasteiger partial charge on any atom is 0.233 e. The number of carbonyl (C=O) groups excluding carboxylic acids is 1. The van der Waals surface area contributed by atoms with Crippen LogP contribution in [-0.4, -0.2) is 33.3 Å². The fourth-order valence-corrected chi connectivity index (χ4v) is 4.20. The van der Waals surface area contributed by atoms with Gasteiger partial charge in [0.25, 0.3) is 0 Å². The van der Waals surface area contributed by atoms with Gasteiger partial charge >= 0.3 is 0 Å².